The lowest BCUT2D eigenvalue weighted by Crippen LogP contribution is -2.49. The van der Waals surface area contributed by atoms with E-state index in [0.29, 0.717) is 6.42 Å². The SMILES string of the molecule is C=C1C(c2ccc(OC)cc2)CC(C)(OC)ON1O[Si](C)(C)C. The van der Waals surface area contributed by atoms with Crippen molar-refractivity contribution in [2.45, 2.75) is 44.7 Å². The summed E-state index contributed by atoms with van der Waals surface area (Å²) >= 11 is 0. The Morgan fingerprint density at radius 3 is 2.30 bits per heavy atom. The van der Waals surface area contributed by atoms with Crippen LogP contribution in [0, 0.1) is 0 Å². The standard InChI is InChI=1S/C17H27NO4Si/c1-13-16(14-8-10-15(19-3)11-9-14)12-17(2,20-4)21-18(13)22-23(5,6)7/h8-11,16H,1,12H2,2-7H3. The Kier molecular flexibility index (Phi) is 5.20. The molecule has 0 amide bonds. The lowest BCUT2D eigenvalue weighted by Gasteiger charge is -2.45. The summed E-state index contributed by atoms with van der Waals surface area (Å²) in [6.45, 7) is 12.4. The highest BCUT2D eigenvalue weighted by molar-refractivity contribution is 6.69. The van der Waals surface area contributed by atoms with E-state index < -0.39 is 14.1 Å². The molecule has 6 heteroatoms. The van der Waals surface area contributed by atoms with Crippen LogP contribution in [0.25, 0.3) is 0 Å². The van der Waals surface area contributed by atoms with Gasteiger partial charge in [0.05, 0.1) is 12.8 Å². The van der Waals surface area contributed by atoms with E-state index in [2.05, 4.69) is 26.2 Å². The fourth-order valence-electron chi connectivity index (χ4n) is 2.48. The molecule has 5 nitrogen and oxygen atoms in total. The fraction of sp³-hybridized carbons (Fsp3) is 0.529. The lowest BCUT2D eigenvalue weighted by molar-refractivity contribution is -0.422. The van der Waals surface area contributed by atoms with Gasteiger partial charge < -0.3 is 9.47 Å². The van der Waals surface area contributed by atoms with E-state index in [9.17, 15) is 0 Å². The Morgan fingerprint density at radius 1 is 1.22 bits per heavy atom. The minimum absolute atomic E-state index is 0.0518. The molecule has 1 aromatic carbocycles. The van der Waals surface area contributed by atoms with E-state index in [-0.39, 0.29) is 5.92 Å². The van der Waals surface area contributed by atoms with Crippen LogP contribution in [-0.4, -0.2) is 33.6 Å². The van der Waals surface area contributed by atoms with Gasteiger partial charge in [0.25, 0.3) is 0 Å². The van der Waals surface area contributed by atoms with Crippen molar-refractivity contribution in [1.82, 2.24) is 5.23 Å². The van der Waals surface area contributed by atoms with Crippen molar-refractivity contribution >= 4 is 8.32 Å². The number of rotatable bonds is 5. The van der Waals surface area contributed by atoms with E-state index >= 15 is 0 Å². The molecule has 0 radical (unpaired) electrons. The molecule has 1 aromatic rings. The van der Waals surface area contributed by atoms with Crippen LogP contribution in [0.15, 0.2) is 36.5 Å². The summed E-state index contributed by atoms with van der Waals surface area (Å²) in [6, 6.07) is 7.99. The first-order valence-corrected chi connectivity index (χ1v) is 11.1. The van der Waals surface area contributed by atoms with Gasteiger partial charge in [-0.1, -0.05) is 18.7 Å². The Morgan fingerprint density at radius 2 is 1.83 bits per heavy atom. The highest BCUT2D eigenvalue weighted by Crippen LogP contribution is 2.42. The molecule has 0 aromatic heterocycles. The molecule has 23 heavy (non-hydrogen) atoms. The van der Waals surface area contributed by atoms with Gasteiger partial charge in [0.2, 0.25) is 8.32 Å². The number of ether oxygens (including phenoxy) is 2. The van der Waals surface area contributed by atoms with Crippen LogP contribution in [0.1, 0.15) is 24.8 Å². The maximum absolute atomic E-state index is 6.03. The van der Waals surface area contributed by atoms with Crippen molar-refractivity contribution < 1.29 is 18.8 Å². The summed E-state index contributed by atoms with van der Waals surface area (Å²) in [5.41, 5.74) is 1.92. The van der Waals surface area contributed by atoms with Crippen LogP contribution in [0.2, 0.25) is 19.6 Å². The molecule has 1 fully saturated rings. The molecule has 2 atom stereocenters. The summed E-state index contributed by atoms with van der Waals surface area (Å²) < 4.78 is 16.8. The van der Waals surface area contributed by atoms with Crippen molar-refractivity contribution in [3.8, 4) is 5.75 Å². The zero-order valence-electron chi connectivity index (χ0n) is 14.9. The van der Waals surface area contributed by atoms with E-state index in [1.165, 1.54) is 5.23 Å². The molecule has 1 aliphatic heterocycles. The first-order valence-electron chi connectivity index (χ1n) is 7.74. The van der Waals surface area contributed by atoms with Gasteiger partial charge in [-0.3, -0.25) is 4.53 Å². The van der Waals surface area contributed by atoms with Crippen molar-refractivity contribution in [3.63, 3.8) is 0 Å². The van der Waals surface area contributed by atoms with Gasteiger partial charge in [-0.05, 0) is 44.3 Å². The minimum atomic E-state index is -1.84. The molecular formula is C17H27NO4Si. The second-order valence-electron chi connectivity index (χ2n) is 6.91. The molecule has 0 saturated carbocycles. The summed E-state index contributed by atoms with van der Waals surface area (Å²) in [5, 5.41) is 1.47. The molecule has 1 heterocycles. The first-order chi connectivity index (χ1) is 10.7. The zero-order valence-corrected chi connectivity index (χ0v) is 15.9. The van der Waals surface area contributed by atoms with Crippen molar-refractivity contribution in [2.24, 2.45) is 0 Å². The third-order valence-electron chi connectivity index (χ3n) is 3.79. The molecule has 0 spiro atoms. The fourth-order valence-corrected chi connectivity index (χ4v) is 3.13. The molecule has 1 aliphatic rings. The number of hydroxylamine groups is 2. The third kappa shape index (κ3) is 4.35. The monoisotopic (exact) mass is 337 g/mol. The largest absolute Gasteiger partial charge is 0.497 e. The van der Waals surface area contributed by atoms with Gasteiger partial charge >= 0.3 is 0 Å². The molecule has 0 aliphatic carbocycles. The van der Waals surface area contributed by atoms with E-state index in [1.807, 2.05) is 31.2 Å². The number of hydrogen-bond donors (Lipinski definition) is 0. The molecule has 0 bridgehead atoms. The maximum atomic E-state index is 6.03. The number of benzene rings is 1. The summed E-state index contributed by atoms with van der Waals surface area (Å²) in [7, 11) is 1.46. The molecule has 0 N–H and O–H groups in total. The number of nitrogens with zero attached hydrogens (tertiary/aromatic N) is 1. The number of methoxy groups -OCH3 is 2. The van der Waals surface area contributed by atoms with E-state index in [4.69, 9.17) is 18.8 Å². The van der Waals surface area contributed by atoms with Crippen molar-refractivity contribution in [2.75, 3.05) is 14.2 Å². The third-order valence-corrected chi connectivity index (χ3v) is 4.51. The normalized spacial score (nSPS) is 25.6. The Hall–Kier alpha value is -1.34. The van der Waals surface area contributed by atoms with Gasteiger partial charge in [-0.15, -0.1) is 5.23 Å². The second kappa shape index (κ2) is 6.65. The highest BCUT2D eigenvalue weighted by atomic mass is 28.4. The zero-order chi connectivity index (χ0) is 17.3. The van der Waals surface area contributed by atoms with E-state index in [1.54, 1.807) is 14.2 Å². The summed E-state index contributed by atoms with van der Waals surface area (Å²) in [6.07, 6.45) is 0.667. The predicted molar refractivity (Wildman–Crippen MR) is 92.3 cm³/mol. The predicted octanol–water partition coefficient (Wildman–Crippen LogP) is 4.06. The molecule has 2 unspecified atom stereocenters. The van der Waals surface area contributed by atoms with Crippen LogP contribution in [0.3, 0.4) is 0 Å². The lowest BCUT2D eigenvalue weighted by atomic mass is 9.88. The first kappa shape index (κ1) is 18.0. The molecule has 128 valence electrons. The molecular weight excluding hydrogens is 310 g/mol. The highest BCUT2D eigenvalue weighted by Gasteiger charge is 2.42. The molecule has 1 saturated heterocycles. The second-order valence-corrected chi connectivity index (χ2v) is 11.3. The van der Waals surface area contributed by atoms with Gasteiger partial charge in [-0.25, -0.2) is 4.84 Å². The maximum Gasteiger partial charge on any atom is 0.223 e. The number of hydrogen-bond acceptors (Lipinski definition) is 5. The van der Waals surface area contributed by atoms with Crippen LogP contribution >= 0.6 is 0 Å². The Balaban J connectivity index is 2.30. The minimum Gasteiger partial charge on any atom is -0.497 e. The Labute approximate surface area is 139 Å². The number of allylic oxidation sites excluding steroid dienone is 1. The average Bonchev–Trinajstić information content (AvgIpc) is 2.49. The average molecular weight is 337 g/mol. The topological polar surface area (TPSA) is 40.2 Å². The van der Waals surface area contributed by atoms with Crippen LogP contribution in [0.5, 0.6) is 5.75 Å². The van der Waals surface area contributed by atoms with Crippen LogP contribution < -0.4 is 4.74 Å². The quantitative estimate of drug-likeness (QED) is 0.758. The van der Waals surface area contributed by atoms with Crippen molar-refractivity contribution in [1.29, 1.82) is 0 Å². The molecule has 2 rings (SSSR count). The van der Waals surface area contributed by atoms with E-state index in [0.717, 1.165) is 17.0 Å². The van der Waals surface area contributed by atoms with Crippen LogP contribution in [0.4, 0.5) is 0 Å². The van der Waals surface area contributed by atoms with Crippen molar-refractivity contribution in [3.05, 3.63) is 42.1 Å². The Bertz CT molecular complexity index is 555. The summed E-state index contributed by atoms with van der Waals surface area (Å²) in [5.74, 6) is 0.123. The smallest absolute Gasteiger partial charge is 0.223 e. The summed E-state index contributed by atoms with van der Waals surface area (Å²) in [4.78, 5) is 5.91. The van der Waals surface area contributed by atoms with Gasteiger partial charge in [-0.2, -0.15) is 0 Å². The van der Waals surface area contributed by atoms with Gasteiger partial charge in [0.15, 0.2) is 5.79 Å². The van der Waals surface area contributed by atoms with Gasteiger partial charge in [0.1, 0.15) is 5.75 Å². The van der Waals surface area contributed by atoms with Crippen LogP contribution in [-0.2, 0) is 14.1 Å². The van der Waals surface area contributed by atoms with Gasteiger partial charge in [0, 0.05) is 19.4 Å².